The summed E-state index contributed by atoms with van der Waals surface area (Å²) < 4.78 is 0. The van der Waals surface area contributed by atoms with E-state index in [2.05, 4.69) is 9.98 Å². The molecule has 0 unspecified atom stereocenters. The third-order valence-corrected chi connectivity index (χ3v) is 1.000. The van der Waals surface area contributed by atoms with E-state index in [-0.39, 0.29) is 5.78 Å². The van der Waals surface area contributed by atoms with E-state index in [0.29, 0.717) is 6.54 Å². The molecule has 1 N–H and O–H groups in total. The van der Waals surface area contributed by atoms with Crippen molar-refractivity contribution in [1.29, 1.82) is 0 Å². The van der Waals surface area contributed by atoms with Crippen LogP contribution in [0.3, 0.4) is 0 Å². The summed E-state index contributed by atoms with van der Waals surface area (Å²) in [6.45, 7) is -0.153. The number of aliphatic carboxylic acids is 1. The Balaban J connectivity index is 0.000000241. The lowest BCUT2D eigenvalue weighted by Gasteiger charge is -1.88. The largest absolute Gasteiger partial charge is 0.480 e. The van der Waals surface area contributed by atoms with Gasteiger partial charge < -0.3 is 5.11 Å². The van der Waals surface area contributed by atoms with Crippen LogP contribution in [0.25, 0.3) is 0 Å². The van der Waals surface area contributed by atoms with Gasteiger partial charge in [0.2, 0.25) is 6.08 Å². The number of nitrogens with zero attached hydrogens (tertiary/aromatic N) is 2. The summed E-state index contributed by atoms with van der Waals surface area (Å²) >= 11 is 0. The zero-order valence-corrected chi connectivity index (χ0v) is 7.21. The monoisotopic (exact) mass is 196 g/mol. The van der Waals surface area contributed by atoms with Gasteiger partial charge in [0.15, 0.2) is 5.78 Å². The van der Waals surface area contributed by atoms with Gasteiger partial charge in [0.1, 0.15) is 13.1 Å². The van der Waals surface area contributed by atoms with Crippen molar-refractivity contribution >= 4 is 24.0 Å². The highest BCUT2D eigenvalue weighted by atomic mass is 16.4. The summed E-state index contributed by atoms with van der Waals surface area (Å²) in [6.07, 6.45) is 5.89. The molecule has 0 saturated heterocycles. The third kappa shape index (κ3) is 8.03. The molecular weight excluding hydrogens is 188 g/mol. The molecule has 6 nitrogen and oxygen atoms in total. The molecule has 0 radical (unpaired) electrons. The Kier molecular flexibility index (Phi) is 6.45. The number of carbonyl (C=O) groups is 2. The van der Waals surface area contributed by atoms with E-state index in [4.69, 9.17) is 9.90 Å². The van der Waals surface area contributed by atoms with Crippen molar-refractivity contribution < 1.29 is 19.5 Å². The molecule has 0 aromatic rings. The van der Waals surface area contributed by atoms with Crippen LogP contribution < -0.4 is 0 Å². The second-order valence-corrected chi connectivity index (χ2v) is 2.12. The number of hydrogen-bond donors (Lipinski definition) is 1. The number of allylic oxidation sites excluding steroid dienone is 1. The molecule has 0 spiro atoms. The highest BCUT2D eigenvalue weighted by Crippen LogP contribution is 1.83. The zero-order valence-electron chi connectivity index (χ0n) is 7.21. The van der Waals surface area contributed by atoms with Crippen molar-refractivity contribution in [2.45, 2.75) is 0 Å². The minimum Gasteiger partial charge on any atom is -0.480 e. The molecule has 1 aliphatic heterocycles. The molecule has 1 rings (SSSR count). The molecule has 1 aliphatic rings. The molecule has 14 heavy (non-hydrogen) atoms. The molecule has 0 atom stereocenters. The van der Waals surface area contributed by atoms with E-state index in [1.54, 1.807) is 12.3 Å². The summed E-state index contributed by atoms with van der Waals surface area (Å²) in [4.78, 5) is 35.4. The van der Waals surface area contributed by atoms with E-state index in [9.17, 15) is 9.59 Å². The second kappa shape index (κ2) is 7.57. The van der Waals surface area contributed by atoms with Crippen LogP contribution in [-0.2, 0) is 14.4 Å². The number of dihydropyridines is 1. The van der Waals surface area contributed by atoms with Crippen LogP contribution in [0, 0.1) is 0 Å². The average molecular weight is 196 g/mol. The van der Waals surface area contributed by atoms with E-state index in [1.165, 1.54) is 6.08 Å². The fourth-order valence-corrected chi connectivity index (χ4v) is 0.507. The van der Waals surface area contributed by atoms with Gasteiger partial charge in [0.05, 0.1) is 0 Å². The second-order valence-electron chi connectivity index (χ2n) is 2.12. The van der Waals surface area contributed by atoms with Crippen LogP contribution in [0.1, 0.15) is 0 Å². The molecular formula is C8H8N2O4. The van der Waals surface area contributed by atoms with Crippen molar-refractivity contribution in [1.82, 2.24) is 0 Å². The van der Waals surface area contributed by atoms with Crippen molar-refractivity contribution in [3.05, 3.63) is 12.2 Å². The van der Waals surface area contributed by atoms with Crippen molar-refractivity contribution in [3.63, 3.8) is 0 Å². The summed E-state index contributed by atoms with van der Waals surface area (Å²) in [7, 11) is 0. The van der Waals surface area contributed by atoms with E-state index >= 15 is 0 Å². The highest BCUT2D eigenvalue weighted by Gasteiger charge is 1.93. The Morgan fingerprint density at radius 3 is 2.64 bits per heavy atom. The summed E-state index contributed by atoms with van der Waals surface area (Å²) in [5.41, 5.74) is 0. The molecule has 0 fully saturated rings. The summed E-state index contributed by atoms with van der Waals surface area (Å²) in [5, 5.41) is 7.77. The van der Waals surface area contributed by atoms with Gasteiger partial charge in [0, 0.05) is 6.21 Å². The topological polar surface area (TPSA) is 96.2 Å². The van der Waals surface area contributed by atoms with Crippen LogP contribution in [0.4, 0.5) is 0 Å². The zero-order chi connectivity index (χ0) is 10.8. The molecule has 74 valence electrons. The Morgan fingerprint density at radius 1 is 1.71 bits per heavy atom. The van der Waals surface area contributed by atoms with Crippen LogP contribution in [0.15, 0.2) is 22.1 Å². The first-order valence-electron chi connectivity index (χ1n) is 3.61. The van der Waals surface area contributed by atoms with Crippen LogP contribution >= 0.6 is 0 Å². The van der Waals surface area contributed by atoms with Gasteiger partial charge in [-0.15, -0.1) is 0 Å². The highest BCUT2D eigenvalue weighted by molar-refractivity contribution is 5.98. The van der Waals surface area contributed by atoms with Gasteiger partial charge in [-0.1, -0.05) is 0 Å². The number of carbonyl (C=O) groups excluding carboxylic acids is 2. The molecule has 0 amide bonds. The number of isocyanates is 1. The maximum absolute atomic E-state index is 10.3. The number of rotatable bonds is 2. The lowest BCUT2D eigenvalue weighted by Crippen LogP contribution is -2.00. The first kappa shape index (κ1) is 11.9. The number of carboxylic acid groups (broad SMARTS) is 1. The fourth-order valence-electron chi connectivity index (χ4n) is 0.507. The molecule has 6 heteroatoms. The minimum atomic E-state index is -1.12. The normalized spacial score (nSPS) is 12.4. The van der Waals surface area contributed by atoms with Gasteiger partial charge in [-0.05, 0) is 12.2 Å². The number of hydrogen-bond acceptors (Lipinski definition) is 5. The average Bonchev–Trinajstić information content (AvgIpc) is 2.17. The SMILES string of the molecule is O=C1C=CC=NC1.O=C=NCC(=O)O. The maximum atomic E-state index is 10.3. The maximum Gasteiger partial charge on any atom is 0.326 e. The fraction of sp³-hybridized carbons (Fsp3) is 0.250. The lowest BCUT2D eigenvalue weighted by molar-refractivity contribution is -0.135. The smallest absolute Gasteiger partial charge is 0.326 e. The van der Waals surface area contributed by atoms with Gasteiger partial charge in [0.25, 0.3) is 0 Å². The molecule has 0 aliphatic carbocycles. The van der Waals surface area contributed by atoms with Gasteiger partial charge in [-0.2, -0.15) is 4.99 Å². The Bertz CT molecular complexity index is 313. The van der Waals surface area contributed by atoms with Gasteiger partial charge in [-0.3, -0.25) is 14.6 Å². The first-order valence-corrected chi connectivity index (χ1v) is 3.61. The molecule has 1 heterocycles. The van der Waals surface area contributed by atoms with Gasteiger partial charge in [-0.25, -0.2) is 4.79 Å². The lowest BCUT2D eigenvalue weighted by atomic mass is 10.3. The first-order chi connectivity index (χ1) is 6.66. The van der Waals surface area contributed by atoms with Crippen LogP contribution in [0.5, 0.6) is 0 Å². The summed E-state index contributed by atoms with van der Waals surface area (Å²) in [5.74, 6) is -1.04. The van der Waals surface area contributed by atoms with E-state index in [1.807, 2.05) is 0 Å². The van der Waals surface area contributed by atoms with Crippen molar-refractivity contribution in [2.75, 3.05) is 13.1 Å². The number of carboxylic acids is 1. The molecule has 0 aromatic carbocycles. The predicted octanol–water partition coefficient (Wildman–Crippen LogP) is -0.397. The number of ketones is 1. The quantitative estimate of drug-likeness (QED) is 0.480. The minimum absolute atomic E-state index is 0.0856. The Hall–Kier alpha value is -2.07. The van der Waals surface area contributed by atoms with Crippen LogP contribution in [-0.4, -0.2) is 42.2 Å². The van der Waals surface area contributed by atoms with E-state index in [0.717, 1.165) is 6.08 Å². The Morgan fingerprint density at radius 2 is 2.43 bits per heavy atom. The molecule has 0 bridgehead atoms. The summed E-state index contributed by atoms with van der Waals surface area (Å²) in [6, 6.07) is 0. The molecule has 0 saturated carbocycles. The van der Waals surface area contributed by atoms with E-state index < -0.39 is 12.5 Å². The Labute approximate surface area is 79.7 Å². The number of aliphatic imine (C=N–C) groups is 2. The van der Waals surface area contributed by atoms with Crippen molar-refractivity contribution in [3.8, 4) is 0 Å². The van der Waals surface area contributed by atoms with Crippen molar-refractivity contribution in [2.24, 2.45) is 9.98 Å². The van der Waals surface area contributed by atoms with Gasteiger partial charge >= 0.3 is 5.97 Å². The predicted molar refractivity (Wildman–Crippen MR) is 48.1 cm³/mol. The third-order valence-electron chi connectivity index (χ3n) is 1.000. The standard InChI is InChI=1S/C5H5NO.C3H3NO3/c7-5-2-1-3-6-4-5;5-2-4-1-3(6)7/h1-3H,4H2;1H2,(H,6,7). The molecule has 0 aromatic heterocycles. The van der Waals surface area contributed by atoms with Crippen LogP contribution in [0.2, 0.25) is 0 Å².